The largest absolute Gasteiger partial charge is 0.334 e. The van der Waals surface area contributed by atoms with Crippen molar-refractivity contribution in [2.75, 3.05) is 9.80 Å². The maximum absolute atomic E-state index is 2.75. The first-order chi connectivity index (χ1) is 26.9. The number of aryl methyl sites for hydroxylation is 2. The number of allylic oxidation sites excluding steroid dienone is 1. The molecule has 11 rings (SSSR count). The van der Waals surface area contributed by atoms with E-state index in [0.29, 0.717) is 5.15 Å². The van der Waals surface area contributed by atoms with Gasteiger partial charge in [0.15, 0.2) is 0 Å². The normalized spacial score (nSPS) is 18.2. The van der Waals surface area contributed by atoms with Crippen LogP contribution < -0.4 is 20.0 Å². The number of hydrogen-bond acceptors (Lipinski definition) is 4. The highest BCUT2D eigenvalue weighted by Crippen LogP contribution is 2.58. The lowest BCUT2D eigenvalue weighted by atomic mass is 9.36. The molecule has 2 atom stereocenters. The van der Waals surface area contributed by atoms with Gasteiger partial charge < -0.3 is 9.80 Å². The van der Waals surface area contributed by atoms with E-state index in [1.54, 1.807) is 0 Å². The molecule has 0 bridgehead atoms. The van der Waals surface area contributed by atoms with Crippen LogP contribution >= 0.6 is 23.1 Å². The molecule has 0 amide bonds. The van der Waals surface area contributed by atoms with Gasteiger partial charge in [-0.25, -0.2) is 0 Å². The molecule has 2 nitrogen and oxygen atoms in total. The van der Waals surface area contributed by atoms with E-state index in [-0.39, 0.29) is 23.6 Å². The lowest BCUT2D eigenvalue weighted by Gasteiger charge is -2.48. The molecule has 0 saturated heterocycles. The molecule has 56 heavy (non-hydrogen) atoms. The fourth-order valence-electron chi connectivity index (χ4n) is 9.95. The molecule has 4 aliphatic rings. The molecule has 3 aliphatic heterocycles. The third-order valence-electron chi connectivity index (χ3n) is 12.8. The standard InChI is InChI=1S/C51H47BN2S2/c1-30-24-41-45-42(25-30)54(38-22-18-36(19-23-38)51(5,6)7)47-40-27-32-13-9-11-15-34(32)29-44(40)56-49(47)52(45)48-46(53(41)37-20-16-35(17-21-37)50(2,3)4)39-26-31-12-8-10-14-33(31)28-43(39)55-48/h8,10-12,14-29,47,49H,9,13H2,1-7H3. The Bertz CT molecular complexity index is 2780. The molecule has 1 aromatic heterocycles. The number of thioether (sulfide) groups is 1. The third-order valence-corrected chi connectivity index (χ3v) is 15.4. The first-order valence-corrected chi connectivity index (χ1v) is 22.0. The highest BCUT2D eigenvalue weighted by molar-refractivity contribution is 8.02. The molecule has 1 aliphatic carbocycles. The van der Waals surface area contributed by atoms with Gasteiger partial charge in [-0.05, 0) is 135 Å². The zero-order valence-corrected chi connectivity index (χ0v) is 35.0. The highest BCUT2D eigenvalue weighted by Gasteiger charge is 2.55. The van der Waals surface area contributed by atoms with Crippen LogP contribution in [0.2, 0.25) is 0 Å². The maximum Gasteiger partial charge on any atom is 0.246 e. The second kappa shape index (κ2) is 12.1. The number of benzene rings is 6. The van der Waals surface area contributed by atoms with Crippen molar-refractivity contribution >= 4 is 95.4 Å². The van der Waals surface area contributed by atoms with Gasteiger partial charge in [0.05, 0.1) is 11.7 Å². The smallest absolute Gasteiger partial charge is 0.246 e. The van der Waals surface area contributed by atoms with Crippen LogP contribution in [0.4, 0.5) is 28.4 Å². The summed E-state index contributed by atoms with van der Waals surface area (Å²) >= 11 is 4.17. The van der Waals surface area contributed by atoms with Gasteiger partial charge in [-0.15, -0.1) is 23.1 Å². The molecule has 5 heteroatoms. The Hall–Kier alpha value is -4.71. The quantitative estimate of drug-likeness (QED) is 0.162. The lowest BCUT2D eigenvalue weighted by Crippen LogP contribution is -2.61. The zero-order chi connectivity index (χ0) is 38.2. The summed E-state index contributed by atoms with van der Waals surface area (Å²) in [6, 6.07) is 43.1. The topological polar surface area (TPSA) is 6.48 Å². The summed E-state index contributed by atoms with van der Waals surface area (Å²) in [6.45, 7) is 16.4. The number of nitrogens with zero attached hydrogens (tertiary/aromatic N) is 2. The van der Waals surface area contributed by atoms with Crippen LogP contribution in [0.15, 0.2) is 120 Å². The Morgan fingerprint density at radius 1 is 0.714 bits per heavy atom. The summed E-state index contributed by atoms with van der Waals surface area (Å²) in [5.41, 5.74) is 16.6. The van der Waals surface area contributed by atoms with Crippen LogP contribution in [0.1, 0.15) is 87.4 Å². The monoisotopic (exact) mass is 762 g/mol. The number of hydrogen-bond donors (Lipinski definition) is 0. The minimum atomic E-state index is 0.0783. The van der Waals surface area contributed by atoms with E-state index in [9.17, 15) is 0 Å². The molecule has 6 aromatic carbocycles. The van der Waals surface area contributed by atoms with Crippen molar-refractivity contribution in [2.45, 2.75) is 88.2 Å². The van der Waals surface area contributed by atoms with Gasteiger partial charge in [0.25, 0.3) is 0 Å². The van der Waals surface area contributed by atoms with E-state index in [0.717, 1.165) is 12.8 Å². The van der Waals surface area contributed by atoms with Gasteiger partial charge in [0.1, 0.15) is 0 Å². The van der Waals surface area contributed by atoms with Crippen molar-refractivity contribution in [3.8, 4) is 0 Å². The van der Waals surface area contributed by atoms with Crippen molar-refractivity contribution in [3.05, 3.63) is 149 Å². The Morgan fingerprint density at radius 2 is 1.38 bits per heavy atom. The summed E-state index contributed by atoms with van der Waals surface area (Å²) in [7, 11) is 0. The van der Waals surface area contributed by atoms with E-state index in [1.165, 1.54) is 97.8 Å². The van der Waals surface area contributed by atoms with Gasteiger partial charge >= 0.3 is 0 Å². The molecular formula is C51H47BN2S2. The van der Waals surface area contributed by atoms with Crippen molar-refractivity contribution in [1.29, 1.82) is 0 Å². The molecule has 0 radical (unpaired) electrons. The lowest BCUT2D eigenvalue weighted by molar-refractivity contribution is 0.590. The number of anilines is 5. The molecule has 2 unspecified atom stereocenters. The van der Waals surface area contributed by atoms with Gasteiger partial charge in [-0.3, -0.25) is 0 Å². The fraction of sp³-hybridized carbons (Fsp3) is 0.255. The Balaban J connectivity index is 1.21. The second-order valence-electron chi connectivity index (χ2n) is 18.6. The van der Waals surface area contributed by atoms with E-state index in [2.05, 4.69) is 191 Å². The molecule has 4 heterocycles. The van der Waals surface area contributed by atoms with Crippen molar-refractivity contribution in [2.24, 2.45) is 0 Å². The Kier molecular flexibility index (Phi) is 7.49. The van der Waals surface area contributed by atoms with Crippen molar-refractivity contribution in [3.63, 3.8) is 0 Å². The molecular weight excluding hydrogens is 716 g/mol. The number of thiophene rings is 1. The maximum atomic E-state index is 2.75. The molecule has 276 valence electrons. The highest BCUT2D eigenvalue weighted by atomic mass is 32.2. The molecule has 0 spiro atoms. The summed E-state index contributed by atoms with van der Waals surface area (Å²) in [6.07, 6.45) is 6.94. The molecule has 0 N–H and O–H groups in total. The summed E-state index contributed by atoms with van der Waals surface area (Å²) in [4.78, 5) is 6.83. The SMILES string of the molecule is Cc1cc2c3c(c1)N(c1ccc(C(C)(C)C)cc1)C1c4cc5c(cc4SC1B3c1sc3cc4ccccc4cc3c1N2c1ccc(C(C)(C)C)cc1)C=CCC5. The first-order valence-electron chi connectivity index (χ1n) is 20.3. The van der Waals surface area contributed by atoms with Crippen molar-refractivity contribution in [1.82, 2.24) is 0 Å². The average Bonchev–Trinajstić information content (AvgIpc) is 3.73. The number of rotatable bonds is 2. The second-order valence-corrected chi connectivity index (χ2v) is 20.9. The van der Waals surface area contributed by atoms with Gasteiger partial charge in [0, 0.05) is 47.7 Å². The molecule has 0 fully saturated rings. The minimum absolute atomic E-state index is 0.0783. The first kappa shape index (κ1) is 34.5. The minimum Gasteiger partial charge on any atom is -0.334 e. The predicted molar refractivity (Wildman–Crippen MR) is 246 cm³/mol. The zero-order valence-electron chi connectivity index (χ0n) is 33.4. The van der Waals surface area contributed by atoms with Crippen LogP contribution in [0, 0.1) is 6.92 Å². The summed E-state index contributed by atoms with van der Waals surface area (Å²) in [5.74, 6) is 0. The van der Waals surface area contributed by atoms with Crippen LogP contribution in [-0.4, -0.2) is 11.9 Å². The van der Waals surface area contributed by atoms with E-state index >= 15 is 0 Å². The summed E-state index contributed by atoms with van der Waals surface area (Å²) < 4.78 is 2.87. The van der Waals surface area contributed by atoms with E-state index in [1.807, 2.05) is 11.3 Å². The number of fused-ring (bicyclic) bond motifs is 10. The van der Waals surface area contributed by atoms with Gasteiger partial charge in [0.2, 0.25) is 6.71 Å². The molecule has 7 aromatic rings. The predicted octanol–water partition coefficient (Wildman–Crippen LogP) is 13.2. The average molecular weight is 763 g/mol. The van der Waals surface area contributed by atoms with Gasteiger partial charge in [-0.2, -0.15) is 0 Å². The van der Waals surface area contributed by atoms with Crippen LogP contribution in [0.25, 0.3) is 26.9 Å². The molecule has 0 saturated carbocycles. The fourth-order valence-corrected chi connectivity index (χ4v) is 13.0. The van der Waals surface area contributed by atoms with Crippen molar-refractivity contribution < 1.29 is 0 Å². The van der Waals surface area contributed by atoms with Gasteiger partial charge in [-0.1, -0.05) is 108 Å². The van der Waals surface area contributed by atoms with E-state index < -0.39 is 0 Å². The van der Waals surface area contributed by atoms with Crippen LogP contribution in [-0.2, 0) is 17.3 Å². The van der Waals surface area contributed by atoms with Crippen LogP contribution in [0.3, 0.4) is 0 Å². The van der Waals surface area contributed by atoms with E-state index in [4.69, 9.17) is 0 Å². The Labute approximate surface area is 340 Å². The van der Waals surface area contributed by atoms with Crippen LogP contribution in [0.5, 0.6) is 0 Å². The third kappa shape index (κ3) is 5.16. The summed E-state index contributed by atoms with van der Waals surface area (Å²) in [5, 5.41) is 4.27. The Morgan fingerprint density at radius 3 is 2.07 bits per heavy atom.